The Morgan fingerprint density at radius 1 is 1.38 bits per heavy atom. The van der Waals surface area contributed by atoms with E-state index in [9.17, 15) is 13.2 Å². The number of halogens is 3. The largest absolute Gasteiger partial charge is 0.417 e. The first-order valence-electron chi connectivity index (χ1n) is 7.70. The van der Waals surface area contributed by atoms with Gasteiger partial charge in [0, 0.05) is 32.0 Å². The highest BCUT2D eigenvalue weighted by molar-refractivity contribution is 5.55. The summed E-state index contributed by atoms with van der Waals surface area (Å²) < 4.78 is 41.0. The molecular formula is C17H17F3N4. The minimum absolute atomic E-state index is 0.336. The van der Waals surface area contributed by atoms with Gasteiger partial charge in [-0.05, 0) is 42.5 Å². The maximum absolute atomic E-state index is 13.1. The second kappa shape index (κ2) is 6.19. The zero-order valence-corrected chi connectivity index (χ0v) is 13.2. The average Bonchev–Trinajstić information content (AvgIpc) is 3.15. The molecule has 0 radical (unpaired) electrons. The van der Waals surface area contributed by atoms with Crippen molar-refractivity contribution in [2.24, 2.45) is 13.0 Å². The van der Waals surface area contributed by atoms with Gasteiger partial charge < -0.3 is 4.90 Å². The molecule has 7 heteroatoms. The Morgan fingerprint density at radius 2 is 2.17 bits per heavy atom. The van der Waals surface area contributed by atoms with Crippen molar-refractivity contribution < 1.29 is 13.2 Å². The van der Waals surface area contributed by atoms with Crippen LogP contribution in [-0.2, 0) is 19.6 Å². The molecule has 1 atom stereocenters. The number of nitriles is 1. The van der Waals surface area contributed by atoms with Gasteiger partial charge in [-0.15, -0.1) is 0 Å². The van der Waals surface area contributed by atoms with Gasteiger partial charge in [-0.3, -0.25) is 4.68 Å². The van der Waals surface area contributed by atoms with Crippen LogP contribution in [0.3, 0.4) is 0 Å². The standard InChI is InChI=1S/C17H17F3N4/c1-23-10-13(9-22-23)6-12-4-5-24(11-12)15-3-2-14(8-21)16(7-15)17(18,19)20/h2-3,7,9-10,12H,4-6,11H2,1H3/t12-/m0/s1. The topological polar surface area (TPSA) is 44.9 Å². The molecule has 2 heterocycles. The second-order valence-corrected chi connectivity index (χ2v) is 6.17. The fraction of sp³-hybridized carbons (Fsp3) is 0.412. The van der Waals surface area contributed by atoms with Gasteiger partial charge in [0.05, 0.1) is 23.4 Å². The van der Waals surface area contributed by atoms with Crippen molar-refractivity contribution in [1.29, 1.82) is 5.26 Å². The minimum Gasteiger partial charge on any atom is -0.371 e. The Bertz CT molecular complexity index is 773. The molecule has 0 spiro atoms. The molecule has 0 saturated carbocycles. The molecule has 1 aromatic heterocycles. The van der Waals surface area contributed by atoms with Crippen LogP contribution in [0.1, 0.15) is 23.1 Å². The number of nitrogens with zero attached hydrogens (tertiary/aromatic N) is 4. The van der Waals surface area contributed by atoms with E-state index in [1.54, 1.807) is 16.8 Å². The summed E-state index contributed by atoms with van der Waals surface area (Å²) in [6.07, 6.45) is 1.07. The van der Waals surface area contributed by atoms with Crippen molar-refractivity contribution in [1.82, 2.24) is 9.78 Å². The molecule has 0 amide bonds. The molecule has 1 aromatic carbocycles. The fourth-order valence-electron chi connectivity index (χ4n) is 3.21. The predicted molar refractivity (Wildman–Crippen MR) is 83.4 cm³/mol. The van der Waals surface area contributed by atoms with Crippen molar-refractivity contribution in [2.45, 2.75) is 19.0 Å². The SMILES string of the molecule is Cn1cc(C[C@@H]2CCN(c3ccc(C#N)c(C(F)(F)F)c3)C2)cn1. The van der Waals surface area contributed by atoms with Crippen molar-refractivity contribution in [3.8, 4) is 6.07 Å². The second-order valence-electron chi connectivity index (χ2n) is 6.17. The first kappa shape index (κ1) is 16.4. The van der Waals surface area contributed by atoms with E-state index in [0.717, 1.165) is 24.5 Å². The highest BCUT2D eigenvalue weighted by atomic mass is 19.4. The Kier molecular flexibility index (Phi) is 4.22. The Morgan fingerprint density at radius 3 is 2.79 bits per heavy atom. The van der Waals surface area contributed by atoms with E-state index in [2.05, 4.69) is 5.10 Å². The van der Waals surface area contributed by atoms with Gasteiger partial charge in [-0.2, -0.15) is 23.5 Å². The monoisotopic (exact) mass is 334 g/mol. The van der Waals surface area contributed by atoms with E-state index in [1.807, 2.05) is 24.3 Å². The van der Waals surface area contributed by atoms with E-state index >= 15 is 0 Å². The van der Waals surface area contributed by atoms with E-state index in [-0.39, 0.29) is 5.56 Å². The van der Waals surface area contributed by atoms with Crippen LogP contribution in [0, 0.1) is 17.2 Å². The zero-order valence-electron chi connectivity index (χ0n) is 13.2. The van der Waals surface area contributed by atoms with Crippen LogP contribution in [0.25, 0.3) is 0 Å². The lowest BCUT2D eigenvalue weighted by atomic mass is 10.0. The molecule has 0 N–H and O–H groups in total. The molecule has 126 valence electrons. The molecule has 0 aliphatic carbocycles. The van der Waals surface area contributed by atoms with Crippen molar-refractivity contribution in [3.63, 3.8) is 0 Å². The average molecular weight is 334 g/mol. The van der Waals surface area contributed by atoms with Gasteiger partial charge in [0.2, 0.25) is 0 Å². The fourth-order valence-corrected chi connectivity index (χ4v) is 3.21. The third-order valence-electron chi connectivity index (χ3n) is 4.36. The minimum atomic E-state index is -4.52. The number of benzene rings is 1. The number of aryl methyl sites for hydroxylation is 1. The van der Waals surface area contributed by atoms with E-state index in [0.29, 0.717) is 24.7 Å². The van der Waals surface area contributed by atoms with Crippen LogP contribution in [0.15, 0.2) is 30.6 Å². The summed E-state index contributed by atoms with van der Waals surface area (Å²) in [5.74, 6) is 0.388. The lowest BCUT2D eigenvalue weighted by Crippen LogP contribution is -2.21. The third kappa shape index (κ3) is 3.37. The van der Waals surface area contributed by atoms with Gasteiger partial charge >= 0.3 is 6.18 Å². The molecule has 24 heavy (non-hydrogen) atoms. The normalized spacial score (nSPS) is 18.0. The van der Waals surface area contributed by atoms with Gasteiger partial charge in [0.1, 0.15) is 0 Å². The molecule has 0 unspecified atom stereocenters. The summed E-state index contributed by atoms with van der Waals surface area (Å²) >= 11 is 0. The maximum atomic E-state index is 13.1. The van der Waals surface area contributed by atoms with Gasteiger partial charge in [-0.25, -0.2) is 0 Å². The first-order valence-corrected chi connectivity index (χ1v) is 7.70. The quantitative estimate of drug-likeness (QED) is 0.864. The number of aromatic nitrogens is 2. The van der Waals surface area contributed by atoms with Crippen molar-refractivity contribution in [3.05, 3.63) is 47.3 Å². The van der Waals surface area contributed by atoms with E-state index in [4.69, 9.17) is 5.26 Å². The van der Waals surface area contributed by atoms with Crippen molar-refractivity contribution in [2.75, 3.05) is 18.0 Å². The molecule has 1 saturated heterocycles. The molecule has 3 rings (SSSR count). The van der Waals surface area contributed by atoms with Crippen LogP contribution >= 0.6 is 0 Å². The third-order valence-corrected chi connectivity index (χ3v) is 4.36. The molecule has 0 bridgehead atoms. The van der Waals surface area contributed by atoms with Gasteiger partial charge in [0.25, 0.3) is 0 Å². The van der Waals surface area contributed by atoms with Crippen LogP contribution in [-0.4, -0.2) is 22.9 Å². The van der Waals surface area contributed by atoms with Gasteiger partial charge in [0.15, 0.2) is 0 Å². The molecular weight excluding hydrogens is 317 g/mol. The molecule has 2 aromatic rings. The predicted octanol–water partition coefficient (Wildman–Crippen LogP) is 3.38. The molecule has 1 aliphatic rings. The molecule has 1 fully saturated rings. The molecule has 4 nitrogen and oxygen atoms in total. The summed E-state index contributed by atoms with van der Waals surface area (Å²) in [7, 11) is 1.86. The lowest BCUT2D eigenvalue weighted by Gasteiger charge is -2.20. The summed E-state index contributed by atoms with van der Waals surface area (Å²) in [6, 6.07) is 5.56. The lowest BCUT2D eigenvalue weighted by molar-refractivity contribution is -0.137. The highest BCUT2D eigenvalue weighted by Gasteiger charge is 2.34. The number of alkyl halides is 3. The van der Waals surface area contributed by atoms with E-state index in [1.165, 1.54) is 6.07 Å². The summed E-state index contributed by atoms with van der Waals surface area (Å²) in [4.78, 5) is 1.96. The number of hydrogen-bond donors (Lipinski definition) is 0. The number of hydrogen-bond acceptors (Lipinski definition) is 3. The Balaban J connectivity index is 1.75. The van der Waals surface area contributed by atoms with Crippen LogP contribution in [0.5, 0.6) is 0 Å². The van der Waals surface area contributed by atoms with Crippen molar-refractivity contribution >= 4 is 5.69 Å². The van der Waals surface area contributed by atoms with Gasteiger partial charge in [-0.1, -0.05) is 0 Å². The van der Waals surface area contributed by atoms with E-state index < -0.39 is 11.7 Å². The summed E-state index contributed by atoms with van der Waals surface area (Å²) in [5.41, 5.74) is 0.464. The Hall–Kier alpha value is -2.49. The van der Waals surface area contributed by atoms with Crippen LogP contribution in [0.2, 0.25) is 0 Å². The van der Waals surface area contributed by atoms with Crippen LogP contribution in [0.4, 0.5) is 18.9 Å². The summed E-state index contributed by atoms with van der Waals surface area (Å²) in [6.45, 7) is 1.42. The molecule has 1 aliphatic heterocycles. The highest BCUT2D eigenvalue weighted by Crippen LogP contribution is 2.35. The number of anilines is 1. The zero-order chi connectivity index (χ0) is 17.3. The maximum Gasteiger partial charge on any atom is 0.417 e. The van der Waals surface area contributed by atoms with Crippen LogP contribution < -0.4 is 4.90 Å². The summed E-state index contributed by atoms with van der Waals surface area (Å²) in [5, 5.41) is 13.0. The smallest absolute Gasteiger partial charge is 0.371 e. The Labute approximate surface area is 138 Å². The first-order chi connectivity index (χ1) is 11.4. The number of rotatable bonds is 3.